The first-order valence-electron chi connectivity index (χ1n) is 6.18. The highest BCUT2D eigenvalue weighted by Gasteiger charge is 2.10. The summed E-state index contributed by atoms with van der Waals surface area (Å²) in [6.07, 6.45) is 2.86. The van der Waals surface area contributed by atoms with Crippen molar-refractivity contribution in [2.75, 3.05) is 14.2 Å². The summed E-state index contributed by atoms with van der Waals surface area (Å²) < 4.78 is 14.8. The zero-order valence-electron chi connectivity index (χ0n) is 11.7. The van der Waals surface area contributed by atoms with Crippen molar-refractivity contribution in [3.63, 3.8) is 0 Å². The summed E-state index contributed by atoms with van der Waals surface area (Å²) in [6.45, 7) is 0. The van der Waals surface area contributed by atoms with E-state index >= 15 is 0 Å². The molecule has 21 heavy (non-hydrogen) atoms. The summed E-state index contributed by atoms with van der Waals surface area (Å²) in [5, 5.41) is 0. The number of benzene rings is 1. The molecule has 0 saturated carbocycles. The molecule has 0 radical (unpaired) electrons. The first-order chi connectivity index (χ1) is 10.1. The number of ketones is 1. The molecule has 0 bridgehead atoms. The van der Waals surface area contributed by atoms with Gasteiger partial charge in [-0.15, -0.1) is 0 Å². The van der Waals surface area contributed by atoms with E-state index < -0.39 is 5.97 Å². The van der Waals surface area contributed by atoms with E-state index in [1.807, 2.05) is 0 Å². The van der Waals surface area contributed by atoms with Gasteiger partial charge in [0.25, 0.3) is 0 Å². The van der Waals surface area contributed by atoms with Crippen LogP contribution in [0.3, 0.4) is 0 Å². The summed E-state index contributed by atoms with van der Waals surface area (Å²) in [5.74, 6) is 0.344. The average molecular weight is 286 g/mol. The molecule has 0 atom stereocenters. The maximum atomic E-state index is 12.0. The van der Waals surface area contributed by atoms with E-state index in [0.29, 0.717) is 17.1 Å². The average Bonchev–Trinajstić information content (AvgIpc) is 3.00. The smallest absolute Gasteiger partial charge is 0.373 e. The van der Waals surface area contributed by atoms with Crippen molar-refractivity contribution in [3.8, 4) is 5.75 Å². The highest BCUT2D eigenvalue weighted by molar-refractivity contribution is 6.06. The summed E-state index contributed by atoms with van der Waals surface area (Å²) in [6, 6.07) is 9.91. The van der Waals surface area contributed by atoms with Gasteiger partial charge in [0, 0.05) is 5.56 Å². The molecule has 0 spiro atoms. The van der Waals surface area contributed by atoms with Crippen LogP contribution in [0.1, 0.15) is 26.7 Å². The predicted octanol–water partition coefficient (Wildman–Crippen LogP) is 2.97. The molecular formula is C16H14O5. The van der Waals surface area contributed by atoms with Gasteiger partial charge in [0.1, 0.15) is 11.5 Å². The lowest BCUT2D eigenvalue weighted by molar-refractivity contribution is 0.0564. The number of hydrogen-bond donors (Lipinski definition) is 0. The van der Waals surface area contributed by atoms with E-state index in [-0.39, 0.29) is 11.5 Å². The van der Waals surface area contributed by atoms with Gasteiger partial charge in [-0.25, -0.2) is 4.79 Å². The highest BCUT2D eigenvalue weighted by Crippen LogP contribution is 2.15. The van der Waals surface area contributed by atoms with Crippen LogP contribution in [0, 0.1) is 0 Å². The molecule has 0 unspecified atom stereocenters. The van der Waals surface area contributed by atoms with E-state index in [2.05, 4.69) is 4.74 Å². The molecular weight excluding hydrogens is 272 g/mol. The summed E-state index contributed by atoms with van der Waals surface area (Å²) in [7, 11) is 2.81. The van der Waals surface area contributed by atoms with E-state index in [4.69, 9.17) is 9.15 Å². The van der Waals surface area contributed by atoms with Crippen LogP contribution in [0.2, 0.25) is 0 Å². The lowest BCUT2D eigenvalue weighted by atomic mass is 10.1. The fourth-order valence-electron chi connectivity index (χ4n) is 1.68. The number of methoxy groups -OCH3 is 2. The second kappa shape index (κ2) is 6.56. The lowest BCUT2D eigenvalue weighted by Gasteiger charge is -2.00. The Morgan fingerprint density at radius 3 is 2.67 bits per heavy atom. The largest absolute Gasteiger partial charge is 0.497 e. The first kappa shape index (κ1) is 14.6. The molecule has 108 valence electrons. The van der Waals surface area contributed by atoms with E-state index in [0.717, 1.165) is 0 Å². The van der Waals surface area contributed by atoms with Crippen molar-refractivity contribution in [3.05, 3.63) is 59.6 Å². The van der Waals surface area contributed by atoms with Gasteiger partial charge in [-0.2, -0.15) is 0 Å². The van der Waals surface area contributed by atoms with E-state index in [1.165, 1.54) is 32.4 Å². The minimum Gasteiger partial charge on any atom is -0.497 e. The van der Waals surface area contributed by atoms with Gasteiger partial charge in [0.05, 0.1) is 14.2 Å². The topological polar surface area (TPSA) is 65.7 Å². The van der Waals surface area contributed by atoms with Gasteiger partial charge in [-0.05, 0) is 36.4 Å². The molecule has 0 N–H and O–H groups in total. The Hall–Kier alpha value is -2.82. The van der Waals surface area contributed by atoms with Crippen molar-refractivity contribution in [1.82, 2.24) is 0 Å². The fourth-order valence-corrected chi connectivity index (χ4v) is 1.68. The maximum absolute atomic E-state index is 12.0. The van der Waals surface area contributed by atoms with Crippen LogP contribution in [0.4, 0.5) is 0 Å². The fraction of sp³-hybridized carbons (Fsp3) is 0.125. The van der Waals surface area contributed by atoms with Crippen molar-refractivity contribution in [1.29, 1.82) is 0 Å². The van der Waals surface area contributed by atoms with Crippen LogP contribution in [-0.2, 0) is 4.74 Å². The molecule has 0 saturated heterocycles. The SMILES string of the molecule is COC(=O)c1ccc(/C=C/C(=O)c2cccc(OC)c2)o1. The third-order valence-electron chi connectivity index (χ3n) is 2.77. The van der Waals surface area contributed by atoms with Gasteiger partial charge in [0.2, 0.25) is 5.76 Å². The second-order valence-corrected chi connectivity index (χ2v) is 4.12. The molecule has 0 fully saturated rings. The molecule has 2 aromatic rings. The summed E-state index contributed by atoms with van der Waals surface area (Å²) in [4.78, 5) is 23.2. The minimum atomic E-state index is -0.561. The van der Waals surface area contributed by atoms with Gasteiger partial charge < -0.3 is 13.9 Å². The number of carbonyl (C=O) groups is 2. The molecule has 0 aliphatic rings. The molecule has 0 aliphatic heterocycles. The number of ether oxygens (including phenoxy) is 2. The number of furan rings is 1. The molecule has 0 aliphatic carbocycles. The molecule has 5 nitrogen and oxygen atoms in total. The van der Waals surface area contributed by atoms with Crippen LogP contribution >= 0.6 is 0 Å². The quantitative estimate of drug-likeness (QED) is 0.480. The van der Waals surface area contributed by atoms with Crippen LogP contribution in [0.25, 0.3) is 6.08 Å². The zero-order chi connectivity index (χ0) is 15.2. The number of rotatable bonds is 5. The van der Waals surface area contributed by atoms with Crippen LogP contribution in [-0.4, -0.2) is 26.0 Å². The number of esters is 1. The number of hydrogen-bond acceptors (Lipinski definition) is 5. The number of carbonyl (C=O) groups excluding carboxylic acids is 2. The molecule has 2 rings (SSSR count). The van der Waals surface area contributed by atoms with E-state index in [9.17, 15) is 9.59 Å². The third kappa shape index (κ3) is 3.60. The molecule has 5 heteroatoms. The minimum absolute atomic E-state index is 0.0889. The van der Waals surface area contributed by atoms with Crippen molar-refractivity contribution < 1.29 is 23.5 Å². The Balaban J connectivity index is 2.11. The standard InChI is InChI=1S/C16H14O5/c1-19-13-5-3-4-11(10-13)14(17)8-6-12-7-9-15(21-12)16(18)20-2/h3-10H,1-2H3/b8-6+. The maximum Gasteiger partial charge on any atom is 0.373 e. The third-order valence-corrected chi connectivity index (χ3v) is 2.77. The van der Waals surface area contributed by atoms with Crippen molar-refractivity contribution >= 4 is 17.8 Å². The summed E-state index contributed by atoms with van der Waals surface area (Å²) >= 11 is 0. The van der Waals surface area contributed by atoms with Crippen LogP contribution in [0.15, 0.2) is 46.9 Å². The van der Waals surface area contributed by atoms with Gasteiger partial charge in [-0.3, -0.25) is 4.79 Å². The van der Waals surface area contributed by atoms with Gasteiger partial charge in [-0.1, -0.05) is 12.1 Å². The molecule has 1 heterocycles. The molecule has 1 aromatic carbocycles. The Kier molecular flexibility index (Phi) is 4.56. The van der Waals surface area contributed by atoms with E-state index in [1.54, 1.807) is 30.3 Å². The highest BCUT2D eigenvalue weighted by atomic mass is 16.5. The first-order valence-corrected chi connectivity index (χ1v) is 6.18. The molecule has 1 aromatic heterocycles. The predicted molar refractivity (Wildman–Crippen MR) is 76.4 cm³/mol. The van der Waals surface area contributed by atoms with Gasteiger partial charge in [0.15, 0.2) is 5.78 Å². The Morgan fingerprint density at radius 2 is 1.95 bits per heavy atom. The Bertz CT molecular complexity index is 681. The van der Waals surface area contributed by atoms with Crippen LogP contribution < -0.4 is 4.74 Å². The number of allylic oxidation sites excluding steroid dienone is 1. The zero-order valence-corrected chi connectivity index (χ0v) is 11.7. The Morgan fingerprint density at radius 1 is 1.14 bits per heavy atom. The van der Waals surface area contributed by atoms with Crippen molar-refractivity contribution in [2.45, 2.75) is 0 Å². The van der Waals surface area contributed by atoms with Crippen LogP contribution in [0.5, 0.6) is 5.75 Å². The molecule has 0 amide bonds. The lowest BCUT2D eigenvalue weighted by Crippen LogP contribution is -1.98. The monoisotopic (exact) mass is 286 g/mol. The van der Waals surface area contributed by atoms with Crippen molar-refractivity contribution in [2.24, 2.45) is 0 Å². The Labute approximate surface area is 121 Å². The van der Waals surface area contributed by atoms with Gasteiger partial charge >= 0.3 is 5.97 Å². The summed E-state index contributed by atoms with van der Waals surface area (Å²) in [5.41, 5.74) is 0.505. The second-order valence-electron chi connectivity index (χ2n) is 4.12. The normalized spacial score (nSPS) is 10.6.